The van der Waals surface area contributed by atoms with Crippen molar-refractivity contribution in [2.45, 2.75) is 64.4 Å². The number of ether oxygens (including phenoxy) is 1. The molecule has 47 heavy (non-hydrogen) atoms. The molecule has 9 heteroatoms. The highest BCUT2D eigenvalue weighted by Crippen LogP contribution is 2.37. The lowest BCUT2D eigenvalue weighted by Crippen LogP contribution is -2.57. The van der Waals surface area contributed by atoms with Gasteiger partial charge in [-0.05, 0) is 117 Å². The lowest BCUT2D eigenvalue weighted by molar-refractivity contribution is -0.274. The van der Waals surface area contributed by atoms with Crippen LogP contribution in [0.5, 0.6) is 5.75 Å². The molecule has 0 N–H and O–H groups in total. The third-order valence-corrected chi connectivity index (χ3v) is 9.86. The van der Waals surface area contributed by atoms with E-state index in [1.54, 1.807) is 24.5 Å². The Kier molecular flexibility index (Phi) is 9.28. The molecule has 0 unspecified atom stereocenters. The molecule has 0 spiro atoms. The number of carbonyl (C=O) groups is 1. The number of benzene rings is 3. The maximum absolute atomic E-state index is 13.8. The van der Waals surface area contributed by atoms with Crippen LogP contribution < -0.4 is 9.64 Å². The number of likely N-dealkylation sites (tertiary alicyclic amines) is 2. The summed E-state index contributed by atoms with van der Waals surface area (Å²) in [5.74, 6) is -0.124. The molecule has 3 aromatic carbocycles. The van der Waals surface area contributed by atoms with Gasteiger partial charge in [-0.15, -0.1) is 13.2 Å². The van der Waals surface area contributed by atoms with Crippen LogP contribution >= 0.6 is 0 Å². The zero-order valence-electron chi connectivity index (χ0n) is 27.1. The lowest BCUT2D eigenvalue weighted by atomic mass is 9.84. The van der Waals surface area contributed by atoms with Gasteiger partial charge < -0.3 is 14.5 Å². The number of aromatic nitrogens is 1. The smallest absolute Gasteiger partial charge is 0.406 e. The Labute approximate surface area is 274 Å². The van der Waals surface area contributed by atoms with Crippen molar-refractivity contribution in [2.75, 3.05) is 31.1 Å². The highest BCUT2D eigenvalue weighted by molar-refractivity contribution is 5.98. The van der Waals surface area contributed by atoms with Crippen molar-refractivity contribution in [3.63, 3.8) is 0 Å². The van der Waals surface area contributed by atoms with Gasteiger partial charge in [0.05, 0.1) is 0 Å². The maximum atomic E-state index is 13.8. The number of piperidine rings is 2. The second kappa shape index (κ2) is 13.4. The van der Waals surface area contributed by atoms with Crippen molar-refractivity contribution >= 4 is 17.3 Å². The Morgan fingerprint density at radius 1 is 0.830 bits per heavy atom. The molecule has 0 atom stereocenters. The van der Waals surface area contributed by atoms with Crippen molar-refractivity contribution in [2.24, 2.45) is 0 Å². The summed E-state index contributed by atoms with van der Waals surface area (Å²) in [4.78, 5) is 24.7. The van der Waals surface area contributed by atoms with Crippen LogP contribution in [0.3, 0.4) is 0 Å². The van der Waals surface area contributed by atoms with Crippen LogP contribution in [0.25, 0.3) is 11.1 Å². The number of carbonyl (C=O) groups excluding carboxylic acids is 1. The van der Waals surface area contributed by atoms with Crippen molar-refractivity contribution in [1.29, 1.82) is 0 Å². The number of amides is 1. The predicted octanol–water partition coefficient (Wildman–Crippen LogP) is 8.56. The van der Waals surface area contributed by atoms with E-state index in [9.17, 15) is 18.0 Å². The molecule has 0 bridgehead atoms. The molecule has 3 heterocycles. The SMILES string of the molecule is Cc1cc(-c2ccncc2)cc(C)c1C(=O)N1CCC(C)(N2CCC(N(c3ccccc3)c3ccc(OC(F)(F)F)cc3)CC2)CC1. The lowest BCUT2D eigenvalue weighted by Gasteiger charge is -2.50. The molecule has 2 aliphatic heterocycles. The number of halogens is 3. The third-order valence-electron chi connectivity index (χ3n) is 9.86. The number of alkyl halides is 3. The first-order valence-electron chi connectivity index (χ1n) is 16.3. The van der Waals surface area contributed by atoms with Crippen LogP contribution in [-0.4, -0.2) is 64.8 Å². The summed E-state index contributed by atoms with van der Waals surface area (Å²) in [6, 6.07) is 24.5. The zero-order chi connectivity index (χ0) is 33.2. The highest BCUT2D eigenvalue weighted by atomic mass is 19.4. The Balaban J connectivity index is 1.10. The van der Waals surface area contributed by atoms with Crippen LogP contribution in [0, 0.1) is 13.8 Å². The molecular formula is C38H41F3N4O2. The molecule has 6 rings (SSSR count). The minimum atomic E-state index is -4.72. The average Bonchev–Trinajstić information content (AvgIpc) is 3.06. The van der Waals surface area contributed by atoms with Gasteiger partial charge in [0.1, 0.15) is 5.75 Å². The Bertz CT molecular complexity index is 1640. The van der Waals surface area contributed by atoms with Gasteiger partial charge in [-0.3, -0.25) is 14.7 Å². The molecule has 0 aliphatic carbocycles. The number of para-hydroxylation sites is 1. The summed E-state index contributed by atoms with van der Waals surface area (Å²) in [7, 11) is 0. The van der Waals surface area contributed by atoms with E-state index in [1.165, 1.54) is 12.1 Å². The number of pyridine rings is 1. The molecular weight excluding hydrogens is 601 g/mol. The van der Waals surface area contributed by atoms with Crippen LogP contribution in [0.4, 0.5) is 24.5 Å². The van der Waals surface area contributed by atoms with Crippen LogP contribution in [0.15, 0.2) is 91.3 Å². The van der Waals surface area contributed by atoms with Crippen LogP contribution in [0.1, 0.15) is 54.1 Å². The van der Waals surface area contributed by atoms with Gasteiger partial charge in [-0.2, -0.15) is 0 Å². The quantitative estimate of drug-likeness (QED) is 0.202. The summed E-state index contributed by atoms with van der Waals surface area (Å²) in [6.45, 7) is 9.60. The van der Waals surface area contributed by atoms with E-state index < -0.39 is 6.36 Å². The number of aryl methyl sites for hydroxylation is 2. The molecule has 2 saturated heterocycles. The normalized spacial score (nSPS) is 17.4. The summed E-state index contributed by atoms with van der Waals surface area (Å²) in [5.41, 5.74) is 6.78. The summed E-state index contributed by atoms with van der Waals surface area (Å²) >= 11 is 0. The summed E-state index contributed by atoms with van der Waals surface area (Å²) in [5, 5.41) is 0. The van der Waals surface area contributed by atoms with E-state index in [0.717, 1.165) is 78.0 Å². The van der Waals surface area contributed by atoms with Crippen molar-refractivity contribution < 1.29 is 22.7 Å². The molecule has 6 nitrogen and oxygen atoms in total. The van der Waals surface area contributed by atoms with E-state index in [2.05, 4.69) is 38.6 Å². The van der Waals surface area contributed by atoms with Gasteiger partial charge in [0.15, 0.2) is 0 Å². The molecule has 1 aromatic heterocycles. The van der Waals surface area contributed by atoms with Crippen LogP contribution in [0.2, 0.25) is 0 Å². The topological polar surface area (TPSA) is 48.9 Å². The zero-order valence-corrected chi connectivity index (χ0v) is 27.1. The fourth-order valence-corrected chi connectivity index (χ4v) is 7.31. The fourth-order valence-electron chi connectivity index (χ4n) is 7.31. The first-order valence-corrected chi connectivity index (χ1v) is 16.3. The van der Waals surface area contributed by atoms with Crippen molar-refractivity contribution in [3.05, 3.63) is 108 Å². The first kappa shape index (κ1) is 32.6. The largest absolute Gasteiger partial charge is 0.573 e. The molecule has 1 amide bonds. The summed E-state index contributed by atoms with van der Waals surface area (Å²) in [6.07, 6.45) is 2.47. The van der Waals surface area contributed by atoms with E-state index >= 15 is 0 Å². The van der Waals surface area contributed by atoms with E-state index in [1.807, 2.05) is 61.2 Å². The number of hydrogen-bond acceptors (Lipinski definition) is 5. The number of anilines is 2. The van der Waals surface area contributed by atoms with E-state index in [4.69, 9.17) is 0 Å². The van der Waals surface area contributed by atoms with Gasteiger partial charge in [-0.25, -0.2) is 0 Å². The molecule has 246 valence electrons. The van der Waals surface area contributed by atoms with Gasteiger partial charge in [-0.1, -0.05) is 30.3 Å². The van der Waals surface area contributed by atoms with Gasteiger partial charge in [0.2, 0.25) is 0 Å². The standard InChI is InChI=1S/C38H41F3N4O2/c1-27-25-30(29-13-19-42-20-14-29)26-28(2)35(27)36(46)43-23-17-37(3,18-24-43)44-21-15-33(16-22-44)45(31-7-5-4-6-8-31)32-9-11-34(12-10-32)47-38(39,40)41/h4-14,19-20,25-26,33H,15-18,21-24H2,1-3H3. The minimum Gasteiger partial charge on any atom is -0.406 e. The van der Waals surface area contributed by atoms with Crippen LogP contribution in [-0.2, 0) is 0 Å². The second-order valence-corrected chi connectivity index (χ2v) is 13.0. The number of hydrogen-bond donors (Lipinski definition) is 0. The maximum Gasteiger partial charge on any atom is 0.573 e. The van der Waals surface area contributed by atoms with E-state index in [0.29, 0.717) is 13.1 Å². The predicted molar refractivity (Wildman–Crippen MR) is 179 cm³/mol. The minimum absolute atomic E-state index is 0.00873. The molecule has 2 fully saturated rings. The van der Waals surface area contributed by atoms with Crippen molar-refractivity contribution in [3.8, 4) is 16.9 Å². The van der Waals surface area contributed by atoms with Gasteiger partial charge >= 0.3 is 6.36 Å². The number of rotatable bonds is 7. The first-order chi connectivity index (χ1) is 22.5. The Morgan fingerprint density at radius 2 is 1.40 bits per heavy atom. The Hall–Kier alpha value is -4.37. The van der Waals surface area contributed by atoms with E-state index in [-0.39, 0.29) is 23.2 Å². The molecule has 2 aliphatic rings. The molecule has 4 aromatic rings. The Morgan fingerprint density at radius 3 is 1.98 bits per heavy atom. The third kappa shape index (κ3) is 7.30. The monoisotopic (exact) mass is 642 g/mol. The average molecular weight is 643 g/mol. The molecule has 0 saturated carbocycles. The highest BCUT2D eigenvalue weighted by Gasteiger charge is 2.40. The van der Waals surface area contributed by atoms with Gasteiger partial charge in [0.25, 0.3) is 5.91 Å². The second-order valence-electron chi connectivity index (χ2n) is 13.0. The van der Waals surface area contributed by atoms with Crippen molar-refractivity contribution in [1.82, 2.24) is 14.8 Å². The molecule has 0 radical (unpaired) electrons. The van der Waals surface area contributed by atoms with Gasteiger partial charge in [0, 0.05) is 67.1 Å². The number of nitrogens with zero attached hydrogens (tertiary/aromatic N) is 4. The summed E-state index contributed by atoms with van der Waals surface area (Å²) < 4.78 is 42.4. The fraction of sp³-hybridized carbons (Fsp3) is 0.368.